The summed E-state index contributed by atoms with van der Waals surface area (Å²) in [5, 5.41) is 11.2. The molecule has 4 rings (SSSR count). The summed E-state index contributed by atoms with van der Waals surface area (Å²) in [6.07, 6.45) is 0. The Morgan fingerprint density at radius 3 is 2.77 bits per heavy atom. The van der Waals surface area contributed by atoms with Crippen molar-refractivity contribution in [2.75, 3.05) is 20.3 Å². The molecule has 0 saturated heterocycles. The van der Waals surface area contributed by atoms with Gasteiger partial charge in [-0.05, 0) is 30.3 Å². The van der Waals surface area contributed by atoms with Crippen molar-refractivity contribution in [2.24, 2.45) is 0 Å². The van der Waals surface area contributed by atoms with E-state index in [9.17, 15) is 19.1 Å². The summed E-state index contributed by atoms with van der Waals surface area (Å²) in [4.78, 5) is 27.3. The van der Waals surface area contributed by atoms with Crippen molar-refractivity contribution in [3.63, 3.8) is 0 Å². The molecule has 0 radical (unpaired) electrons. The molecular weight excluding hydrogens is 457 g/mol. The van der Waals surface area contributed by atoms with E-state index in [2.05, 4.69) is 15.9 Å². The number of hydrogen-bond donors (Lipinski definition) is 1. The van der Waals surface area contributed by atoms with Crippen LogP contribution in [0.2, 0.25) is 0 Å². The van der Waals surface area contributed by atoms with E-state index in [0.717, 1.165) is 4.47 Å². The Bertz CT molecular complexity index is 1190. The van der Waals surface area contributed by atoms with Crippen LogP contribution in [0.25, 0.3) is 11.0 Å². The molecule has 0 fully saturated rings. The molecule has 1 unspecified atom stereocenters. The van der Waals surface area contributed by atoms with E-state index in [-0.39, 0.29) is 30.0 Å². The van der Waals surface area contributed by atoms with Gasteiger partial charge >= 0.3 is 0 Å². The van der Waals surface area contributed by atoms with Gasteiger partial charge in [0.05, 0.1) is 18.2 Å². The molecule has 1 amide bonds. The van der Waals surface area contributed by atoms with Gasteiger partial charge in [0.1, 0.15) is 11.4 Å². The molecule has 0 saturated carbocycles. The number of Topliss-reactive ketones (excluding diaryl/α,β-unsaturated/α-hetero) is 1. The summed E-state index contributed by atoms with van der Waals surface area (Å²) < 4.78 is 26.1. The molecule has 8 heteroatoms. The zero-order valence-corrected chi connectivity index (χ0v) is 17.5. The molecule has 3 aromatic rings. The average molecular weight is 474 g/mol. The highest BCUT2D eigenvalue weighted by molar-refractivity contribution is 9.10. The maximum atomic E-state index is 14.6. The number of methoxy groups -OCH3 is 1. The standard InChI is InChI=1S/C22H17BrFNO5/c1-29-9-8-25-19(14-4-2-3-5-15(14)24)18(21(27)22(25)28)20(26)17-11-12-10-13(23)6-7-16(12)30-17/h2-7,10-11,19,27H,8-9H2,1H3. The van der Waals surface area contributed by atoms with Crippen LogP contribution in [0.15, 0.2) is 68.8 Å². The molecule has 1 aliphatic heterocycles. The zero-order valence-electron chi connectivity index (χ0n) is 15.9. The number of carbonyl (C=O) groups excluding carboxylic acids is 2. The Morgan fingerprint density at radius 2 is 2.03 bits per heavy atom. The van der Waals surface area contributed by atoms with E-state index in [1.165, 1.54) is 36.3 Å². The lowest BCUT2D eigenvalue weighted by atomic mass is 9.94. The Morgan fingerprint density at radius 1 is 1.27 bits per heavy atom. The minimum Gasteiger partial charge on any atom is -0.503 e. The highest BCUT2D eigenvalue weighted by Crippen LogP contribution is 2.40. The first-order valence-electron chi connectivity index (χ1n) is 9.13. The second kappa shape index (κ2) is 8.04. The Kier molecular flexibility index (Phi) is 5.44. The number of nitrogens with zero attached hydrogens (tertiary/aromatic N) is 1. The second-order valence-electron chi connectivity index (χ2n) is 6.80. The number of hydrogen-bond acceptors (Lipinski definition) is 5. The molecule has 6 nitrogen and oxygen atoms in total. The van der Waals surface area contributed by atoms with Crippen LogP contribution < -0.4 is 0 Å². The Labute approximate surface area is 179 Å². The third-order valence-electron chi connectivity index (χ3n) is 4.99. The van der Waals surface area contributed by atoms with Gasteiger partial charge < -0.3 is 19.2 Å². The number of ether oxygens (including phenoxy) is 1. The van der Waals surface area contributed by atoms with Gasteiger partial charge in [0, 0.05) is 29.1 Å². The number of carbonyl (C=O) groups is 2. The number of halogens is 2. The van der Waals surface area contributed by atoms with Crippen molar-refractivity contribution in [1.82, 2.24) is 4.90 Å². The fourth-order valence-corrected chi connectivity index (χ4v) is 3.96. The van der Waals surface area contributed by atoms with Gasteiger partial charge in [-0.2, -0.15) is 0 Å². The summed E-state index contributed by atoms with van der Waals surface area (Å²) in [5.41, 5.74) is 0.358. The lowest BCUT2D eigenvalue weighted by Gasteiger charge is -2.26. The molecule has 1 aromatic heterocycles. The number of fused-ring (bicyclic) bond motifs is 1. The molecule has 0 bridgehead atoms. The molecule has 0 spiro atoms. The number of aliphatic hydroxyl groups is 1. The summed E-state index contributed by atoms with van der Waals surface area (Å²) in [5.74, 6) is -2.80. The van der Waals surface area contributed by atoms with Crippen LogP contribution in [0.1, 0.15) is 22.2 Å². The zero-order chi connectivity index (χ0) is 21.4. The maximum Gasteiger partial charge on any atom is 0.290 e. The average Bonchev–Trinajstić information content (AvgIpc) is 3.25. The molecule has 2 heterocycles. The predicted molar refractivity (Wildman–Crippen MR) is 111 cm³/mol. The second-order valence-corrected chi connectivity index (χ2v) is 7.72. The van der Waals surface area contributed by atoms with Crippen LogP contribution in [-0.4, -0.2) is 42.0 Å². The molecule has 1 atom stereocenters. The number of rotatable bonds is 6. The molecule has 30 heavy (non-hydrogen) atoms. The smallest absolute Gasteiger partial charge is 0.290 e. The molecule has 154 valence electrons. The largest absolute Gasteiger partial charge is 0.503 e. The number of furan rings is 1. The van der Waals surface area contributed by atoms with E-state index >= 15 is 0 Å². The quantitative estimate of drug-likeness (QED) is 0.530. The first-order valence-corrected chi connectivity index (χ1v) is 9.93. The lowest BCUT2D eigenvalue weighted by Crippen LogP contribution is -2.34. The number of benzene rings is 2. The van der Waals surface area contributed by atoms with Gasteiger partial charge in [0.25, 0.3) is 5.91 Å². The molecule has 0 aliphatic carbocycles. The number of aliphatic hydroxyl groups excluding tert-OH is 1. The third-order valence-corrected chi connectivity index (χ3v) is 5.48. The maximum absolute atomic E-state index is 14.6. The van der Waals surface area contributed by atoms with E-state index in [1.54, 1.807) is 24.3 Å². The van der Waals surface area contributed by atoms with Crippen LogP contribution in [0.3, 0.4) is 0 Å². The summed E-state index contributed by atoms with van der Waals surface area (Å²) in [7, 11) is 1.46. The monoisotopic (exact) mass is 473 g/mol. The van der Waals surface area contributed by atoms with E-state index < -0.39 is 29.3 Å². The topological polar surface area (TPSA) is 80.0 Å². The minimum absolute atomic E-state index is 0.0487. The van der Waals surface area contributed by atoms with Crippen molar-refractivity contribution >= 4 is 38.6 Å². The van der Waals surface area contributed by atoms with Crippen molar-refractivity contribution < 1.29 is 28.2 Å². The molecule has 2 aromatic carbocycles. The van der Waals surface area contributed by atoms with E-state index in [4.69, 9.17) is 9.15 Å². The molecule has 1 N–H and O–H groups in total. The predicted octanol–water partition coefficient (Wildman–Crippen LogP) is 4.56. The number of amides is 1. The Balaban J connectivity index is 1.82. The SMILES string of the molecule is COCCN1C(=O)C(O)=C(C(=O)c2cc3cc(Br)ccc3o2)C1c1ccccc1F. The van der Waals surface area contributed by atoms with Crippen molar-refractivity contribution in [1.29, 1.82) is 0 Å². The molecular formula is C22H17BrFNO5. The van der Waals surface area contributed by atoms with Gasteiger partial charge in [-0.15, -0.1) is 0 Å². The Hall–Kier alpha value is -2.97. The van der Waals surface area contributed by atoms with Crippen molar-refractivity contribution in [3.05, 3.63) is 81.5 Å². The third kappa shape index (κ3) is 3.42. The summed E-state index contributed by atoms with van der Waals surface area (Å²) in [6, 6.07) is 11.5. The summed E-state index contributed by atoms with van der Waals surface area (Å²) in [6.45, 7) is 0.229. The van der Waals surface area contributed by atoms with Crippen LogP contribution >= 0.6 is 15.9 Å². The van der Waals surface area contributed by atoms with Crippen LogP contribution in [0.5, 0.6) is 0 Å². The van der Waals surface area contributed by atoms with Gasteiger partial charge in [-0.3, -0.25) is 9.59 Å². The summed E-state index contributed by atoms with van der Waals surface area (Å²) >= 11 is 3.36. The molecule has 1 aliphatic rings. The van der Waals surface area contributed by atoms with Crippen LogP contribution in [0, 0.1) is 5.82 Å². The minimum atomic E-state index is -1.10. The number of ketones is 1. The van der Waals surface area contributed by atoms with Crippen molar-refractivity contribution in [2.45, 2.75) is 6.04 Å². The normalized spacial score (nSPS) is 16.7. The van der Waals surface area contributed by atoms with Crippen LogP contribution in [0.4, 0.5) is 4.39 Å². The van der Waals surface area contributed by atoms with Gasteiger partial charge in [-0.25, -0.2) is 4.39 Å². The highest BCUT2D eigenvalue weighted by atomic mass is 79.9. The fraction of sp³-hybridized carbons (Fsp3) is 0.182. The van der Waals surface area contributed by atoms with Gasteiger partial charge in [-0.1, -0.05) is 34.1 Å². The van der Waals surface area contributed by atoms with E-state index in [1.807, 2.05) is 0 Å². The fourth-order valence-electron chi connectivity index (χ4n) is 3.58. The van der Waals surface area contributed by atoms with E-state index in [0.29, 0.717) is 11.0 Å². The van der Waals surface area contributed by atoms with Crippen molar-refractivity contribution in [3.8, 4) is 0 Å². The van der Waals surface area contributed by atoms with Gasteiger partial charge in [0.15, 0.2) is 11.5 Å². The van der Waals surface area contributed by atoms with Gasteiger partial charge in [0.2, 0.25) is 5.78 Å². The van der Waals surface area contributed by atoms with Crippen LogP contribution in [-0.2, 0) is 9.53 Å². The lowest BCUT2D eigenvalue weighted by molar-refractivity contribution is -0.130. The first-order chi connectivity index (χ1) is 14.4. The highest BCUT2D eigenvalue weighted by Gasteiger charge is 2.45. The first kappa shape index (κ1) is 20.3.